The molecule has 0 aromatic heterocycles. The van der Waals surface area contributed by atoms with E-state index in [0.29, 0.717) is 23.9 Å². The van der Waals surface area contributed by atoms with Crippen LogP contribution < -0.4 is 5.32 Å². The van der Waals surface area contributed by atoms with Gasteiger partial charge in [-0.2, -0.15) is 0 Å². The number of ether oxygens (including phenoxy) is 1. The number of carboxylic acids is 1. The van der Waals surface area contributed by atoms with Gasteiger partial charge in [-0.05, 0) is 41.7 Å². The Balaban J connectivity index is 1.63. The Morgan fingerprint density at radius 1 is 0.914 bits per heavy atom. The third-order valence-electron chi connectivity index (χ3n) is 6.07. The van der Waals surface area contributed by atoms with Crippen molar-refractivity contribution in [3.05, 3.63) is 96.6 Å². The van der Waals surface area contributed by atoms with E-state index in [1.165, 1.54) is 0 Å². The third-order valence-corrected chi connectivity index (χ3v) is 6.07. The Bertz CT molecular complexity index is 1390. The van der Waals surface area contributed by atoms with Crippen LogP contribution in [0, 0.1) is 5.92 Å². The topological polar surface area (TPSA) is 95.9 Å². The first-order valence-corrected chi connectivity index (χ1v) is 11.5. The lowest BCUT2D eigenvalue weighted by Gasteiger charge is -2.26. The van der Waals surface area contributed by atoms with Gasteiger partial charge in [-0.15, -0.1) is 0 Å². The summed E-state index contributed by atoms with van der Waals surface area (Å²) < 4.78 is 6.01. The Kier molecular flexibility index (Phi) is 7.31. The Hall–Kier alpha value is -4.32. The molecule has 4 rings (SSSR count). The predicted molar refractivity (Wildman–Crippen MR) is 138 cm³/mol. The Labute approximate surface area is 203 Å². The van der Waals surface area contributed by atoms with Gasteiger partial charge < -0.3 is 14.9 Å². The van der Waals surface area contributed by atoms with Crippen molar-refractivity contribution in [1.82, 2.24) is 0 Å². The van der Waals surface area contributed by atoms with Gasteiger partial charge in [0, 0.05) is 22.4 Å². The molecular formula is C29H27NO5. The molecule has 4 aromatic carbocycles. The first-order valence-electron chi connectivity index (χ1n) is 11.5. The summed E-state index contributed by atoms with van der Waals surface area (Å²) in [5.41, 5.74) is 1.43. The second-order valence-electron chi connectivity index (χ2n) is 8.49. The summed E-state index contributed by atoms with van der Waals surface area (Å²) in [6, 6.07) is 24.3. The van der Waals surface area contributed by atoms with Crippen LogP contribution in [0.25, 0.3) is 21.5 Å². The number of fused-ring (bicyclic) bond motifs is 2. The highest BCUT2D eigenvalue weighted by Gasteiger charge is 2.26. The summed E-state index contributed by atoms with van der Waals surface area (Å²) in [6.07, 6.45) is 2.64. The minimum atomic E-state index is -0.996. The van der Waals surface area contributed by atoms with Crippen molar-refractivity contribution in [2.45, 2.75) is 25.9 Å². The van der Waals surface area contributed by atoms with E-state index in [9.17, 15) is 14.7 Å². The molecule has 6 heteroatoms. The zero-order valence-corrected chi connectivity index (χ0v) is 19.3. The number of anilines is 1. The molecule has 0 bridgehead atoms. The fraction of sp³-hybridized carbons (Fsp3) is 0.172. The van der Waals surface area contributed by atoms with Gasteiger partial charge in [0.2, 0.25) is 0 Å². The molecule has 178 valence electrons. The number of nitrogens with one attached hydrogen (secondary N) is 1. The lowest BCUT2D eigenvalue weighted by molar-refractivity contribution is -0.131. The second-order valence-corrected chi connectivity index (χ2v) is 8.49. The maximum atomic E-state index is 13.1. The number of benzene rings is 4. The van der Waals surface area contributed by atoms with Crippen LogP contribution in [0.4, 0.5) is 10.5 Å². The lowest BCUT2D eigenvalue weighted by atomic mass is 9.89. The molecule has 0 aliphatic rings. The van der Waals surface area contributed by atoms with Gasteiger partial charge in [0.1, 0.15) is 11.9 Å². The van der Waals surface area contributed by atoms with Crippen LogP contribution in [0.5, 0.6) is 5.75 Å². The minimum Gasteiger partial charge on any atom is -0.507 e. The number of aromatic hydroxyl groups is 1. The summed E-state index contributed by atoms with van der Waals surface area (Å²) in [5, 5.41) is 25.4. The Morgan fingerprint density at radius 3 is 2.37 bits per heavy atom. The van der Waals surface area contributed by atoms with Gasteiger partial charge in [0.15, 0.2) is 0 Å². The molecule has 0 aliphatic carbocycles. The zero-order valence-electron chi connectivity index (χ0n) is 19.3. The molecule has 0 saturated carbocycles. The van der Waals surface area contributed by atoms with E-state index in [-0.39, 0.29) is 11.7 Å². The molecule has 0 unspecified atom stereocenters. The van der Waals surface area contributed by atoms with Crippen molar-refractivity contribution < 1.29 is 24.5 Å². The smallest absolute Gasteiger partial charge is 0.412 e. The molecule has 0 aliphatic heterocycles. The molecular weight excluding hydrogens is 442 g/mol. The average molecular weight is 470 g/mol. The number of allylic oxidation sites excluding steroid dienone is 1. The highest BCUT2D eigenvalue weighted by molar-refractivity contribution is 6.00. The molecule has 0 fully saturated rings. The molecule has 35 heavy (non-hydrogen) atoms. The molecule has 0 saturated heterocycles. The SMILES string of the molecule is C[C@H](CC/C=C/C(=O)O)[C@@H](OC(=O)Nc1cccc2ccccc12)c1ccc(O)c2ccccc12. The van der Waals surface area contributed by atoms with Gasteiger partial charge in [-0.25, -0.2) is 9.59 Å². The zero-order chi connectivity index (χ0) is 24.8. The summed E-state index contributed by atoms with van der Waals surface area (Å²) >= 11 is 0. The third kappa shape index (κ3) is 5.61. The predicted octanol–water partition coefficient (Wildman–Crippen LogP) is 7.05. The highest BCUT2D eigenvalue weighted by Crippen LogP contribution is 2.37. The van der Waals surface area contributed by atoms with Crippen LogP contribution in [0.3, 0.4) is 0 Å². The number of hydrogen-bond acceptors (Lipinski definition) is 4. The van der Waals surface area contributed by atoms with Gasteiger partial charge >= 0.3 is 12.1 Å². The van der Waals surface area contributed by atoms with E-state index in [0.717, 1.165) is 27.8 Å². The highest BCUT2D eigenvalue weighted by atomic mass is 16.6. The number of rotatable bonds is 8. The maximum absolute atomic E-state index is 13.1. The lowest BCUT2D eigenvalue weighted by Crippen LogP contribution is -2.22. The van der Waals surface area contributed by atoms with Crippen LogP contribution >= 0.6 is 0 Å². The van der Waals surface area contributed by atoms with E-state index in [2.05, 4.69) is 5.32 Å². The average Bonchev–Trinajstić information content (AvgIpc) is 2.86. The van der Waals surface area contributed by atoms with E-state index < -0.39 is 18.2 Å². The minimum absolute atomic E-state index is 0.125. The molecule has 0 radical (unpaired) electrons. The van der Waals surface area contributed by atoms with Crippen molar-refractivity contribution in [1.29, 1.82) is 0 Å². The molecule has 0 heterocycles. The molecule has 1 amide bonds. The van der Waals surface area contributed by atoms with E-state index >= 15 is 0 Å². The monoisotopic (exact) mass is 469 g/mol. The van der Waals surface area contributed by atoms with Crippen molar-refractivity contribution >= 4 is 39.3 Å². The van der Waals surface area contributed by atoms with E-state index in [1.54, 1.807) is 18.2 Å². The number of aliphatic carboxylic acids is 1. The Morgan fingerprint density at radius 2 is 1.60 bits per heavy atom. The quantitative estimate of drug-likeness (QED) is 0.240. The van der Waals surface area contributed by atoms with Gasteiger partial charge in [-0.3, -0.25) is 5.32 Å². The summed E-state index contributed by atoms with van der Waals surface area (Å²) in [7, 11) is 0. The standard InChI is InChI=1S/C29H27NO5/c1-19(9-2-7-16-27(32)33)28(24-17-18-26(31)23-14-6-5-13-22(23)24)35-29(34)30-25-15-8-11-20-10-3-4-12-21(20)25/h3-8,10-19,28,31H,2,9H2,1H3,(H,30,34)(H,32,33)/b16-7+/t19-,28-/m1/s1. The van der Waals surface area contributed by atoms with Crippen LogP contribution in [-0.4, -0.2) is 22.3 Å². The molecule has 6 nitrogen and oxygen atoms in total. The fourth-order valence-electron chi connectivity index (χ4n) is 4.32. The van der Waals surface area contributed by atoms with Crippen molar-refractivity contribution in [2.24, 2.45) is 5.92 Å². The van der Waals surface area contributed by atoms with Crippen molar-refractivity contribution in [2.75, 3.05) is 5.32 Å². The van der Waals surface area contributed by atoms with E-state index in [4.69, 9.17) is 9.84 Å². The normalized spacial score (nSPS) is 13.1. The van der Waals surface area contributed by atoms with Crippen LogP contribution in [0.2, 0.25) is 0 Å². The summed E-state index contributed by atoms with van der Waals surface area (Å²) in [5.74, 6) is -0.968. The van der Waals surface area contributed by atoms with Crippen LogP contribution in [-0.2, 0) is 9.53 Å². The first kappa shape index (κ1) is 23.8. The van der Waals surface area contributed by atoms with Gasteiger partial charge in [0.25, 0.3) is 0 Å². The van der Waals surface area contributed by atoms with Crippen molar-refractivity contribution in [3.63, 3.8) is 0 Å². The number of carboxylic acid groups (broad SMARTS) is 1. The van der Waals surface area contributed by atoms with Crippen LogP contribution in [0.15, 0.2) is 91.0 Å². The molecule has 4 aromatic rings. The number of amides is 1. The van der Waals surface area contributed by atoms with Crippen LogP contribution in [0.1, 0.15) is 31.4 Å². The summed E-state index contributed by atoms with van der Waals surface area (Å²) in [6.45, 7) is 1.96. The molecule has 0 spiro atoms. The van der Waals surface area contributed by atoms with Gasteiger partial charge in [0.05, 0.1) is 5.69 Å². The number of carbonyl (C=O) groups is 2. The van der Waals surface area contributed by atoms with Gasteiger partial charge in [-0.1, -0.05) is 79.7 Å². The fourth-order valence-corrected chi connectivity index (χ4v) is 4.32. The maximum Gasteiger partial charge on any atom is 0.412 e. The largest absolute Gasteiger partial charge is 0.507 e. The number of phenols is 1. The number of hydrogen-bond donors (Lipinski definition) is 3. The molecule has 3 N–H and O–H groups in total. The summed E-state index contributed by atoms with van der Waals surface area (Å²) in [4.78, 5) is 23.9. The van der Waals surface area contributed by atoms with Crippen molar-refractivity contribution in [3.8, 4) is 5.75 Å². The number of carbonyl (C=O) groups excluding carboxylic acids is 1. The first-order chi connectivity index (χ1) is 16.9. The van der Waals surface area contributed by atoms with E-state index in [1.807, 2.05) is 73.7 Å². The number of phenolic OH excluding ortho intramolecular Hbond substituents is 1. The molecule has 2 atom stereocenters. The second kappa shape index (κ2) is 10.7.